The van der Waals surface area contributed by atoms with E-state index in [1.165, 1.54) is 0 Å². The Labute approximate surface area is 92.4 Å². The number of nitrogens with two attached hydrogens (primary N) is 1. The normalized spacial score (nSPS) is 30.0. The predicted molar refractivity (Wildman–Crippen MR) is 56.9 cm³/mol. The quantitative estimate of drug-likeness (QED) is 0.715. The molecule has 6 heteroatoms. The molecular weight excluding hydrogens is 206 g/mol. The van der Waals surface area contributed by atoms with Gasteiger partial charge in [-0.2, -0.15) is 0 Å². The Kier molecular flexibility index (Phi) is 1.95. The smallest absolute Gasteiger partial charge is 0.163 e. The summed E-state index contributed by atoms with van der Waals surface area (Å²) in [6, 6.07) is 1.77. The molecule has 6 nitrogen and oxygen atoms in total. The van der Waals surface area contributed by atoms with Gasteiger partial charge in [-0.3, -0.25) is 4.40 Å². The van der Waals surface area contributed by atoms with Gasteiger partial charge in [-0.1, -0.05) is 0 Å². The molecule has 0 spiro atoms. The van der Waals surface area contributed by atoms with Crippen LogP contribution in [0.4, 0.5) is 0 Å². The van der Waals surface area contributed by atoms with Crippen molar-refractivity contribution in [3.8, 4) is 0 Å². The Bertz CT molecular complexity index is 525. The molecule has 2 N–H and O–H groups in total. The average molecular weight is 219 g/mol. The van der Waals surface area contributed by atoms with E-state index in [0.29, 0.717) is 13.2 Å². The SMILES string of the molecule is CC1(c2nnc3ccncn23)COCC1N. The maximum Gasteiger partial charge on any atom is 0.163 e. The van der Waals surface area contributed by atoms with Gasteiger partial charge in [-0.15, -0.1) is 10.2 Å². The molecule has 0 amide bonds. The van der Waals surface area contributed by atoms with Gasteiger partial charge in [0.05, 0.1) is 18.6 Å². The minimum Gasteiger partial charge on any atom is -0.379 e. The highest BCUT2D eigenvalue weighted by Gasteiger charge is 2.43. The van der Waals surface area contributed by atoms with Crippen LogP contribution >= 0.6 is 0 Å². The van der Waals surface area contributed by atoms with Crippen molar-refractivity contribution in [1.29, 1.82) is 0 Å². The molecule has 2 unspecified atom stereocenters. The second-order valence-electron chi connectivity index (χ2n) is 4.37. The Hall–Kier alpha value is -1.53. The van der Waals surface area contributed by atoms with E-state index in [1.54, 1.807) is 12.5 Å². The van der Waals surface area contributed by atoms with Crippen LogP contribution in [0, 0.1) is 0 Å². The van der Waals surface area contributed by atoms with Crippen LogP contribution in [-0.4, -0.2) is 38.8 Å². The summed E-state index contributed by atoms with van der Waals surface area (Å²) in [6.45, 7) is 3.18. The van der Waals surface area contributed by atoms with Crippen LogP contribution in [0.5, 0.6) is 0 Å². The average Bonchev–Trinajstić information content (AvgIpc) is 2.85. The Balaban J connectivity index is 2.19. The molecule has 0 radical (unpaired) electrons. The summed E-state index contributed by atoms with van der Waals surface area (Å²) in [4.78, 5) is 4.07. The van der Waals surface area contributed by atoms with Gasteiger partial charge in [0, 0.05) is 18.3 Å². The molecule has 0 aromatic carbocycles. The van der Waals surface area contributed by atoms with Crippen molar-refractivity contribution in [2.24, 2.45) is 5.73 Å². The van der Waals surface area contributed by atoms with Crippen LogP contribution in [0.2, 0.25) is 0 Å². The minimum absolute atomic E-state index is 0.0555. The first-order valence-electron chi connectivity index (χ1n) is 5.20. The van der Waals surface area contributed by atoms with Crippen molar-refractivity contribution < 1.29 is 4.74 Å². The first-order valence-corrected chi connectivity index (χ1v) is 5.20. The van der Waals surface area contributed by atoms with Crippen LogP contribution < -0.4 is 5.73 Å². The molecule has 84 valence electrons. The highest BCUT2D eigenvalue weighted by Crippen LogP contribution is 2.30. The second-order valence-corrected chi connectivity index (χ2v) is 4.37. The Morgan fingerprint density at radius 1 is 1.56 bits per heavy atom. The van der Waals surface area contributed by atoms with Crippen molar-refractivity contribution in [3.63, 3.8) is 0 Å². The van der Waals surface area contributed by atoms with Gasteiger partial charge in [0.15, 0.2) is 5.65 Å². The van der Waals surface area contributed by atoms with Crippen LogP contribution in [0.15, 0.2) is 18.6 Å². The lowest BCUT2D eigenvalue weighted by Crippen LogP contribution is -2.43. The third kappa shape index (κ3) is 1.17. The van der Waals surface area contributed by atoms with E-state index in [4.69, 9.17) is 10.5 Å². The topological polar surface area (TPSA) is 78.3 Å². The summed E-state index contributed by atoms with van der Waals surface area (Å²) < 4.78 is 7.29. The van der Waals surface area contributed by atoms with Gasteiger partial charge in [-0.05, 0) is 6.92 Å². The number of rotatable bonds is 1. The van der Waals surface area contributed by atoms with Crippen molar-refractivity contribution in [2.75, 3.05) is 13.2 Å². The van der Waals surface area contributed by atoms with Crippen LogP contribution in [0.1, 0.15) is 12.7 Å². The van der Waals surface area contributed by atoms with Crippen molar-refractivity contribution >= 4 is 5.65 Å². The predicted octanol–water partition coefficient (Wildman–Crippen LogP) is -0.261. The molecule has 2 atom stereocenters. The largest absolute Gasteiger partial charge is 0.379 e. The molecule has 16 heavy (non-hydrogen) atoms. The molecule has 0 aliphatic carbocycles. The van der Waals surface area contributed by atoms with Gasteiger partial charge in [-0.25, -0.2) is 4.98 Å². The highest BCUT2D eigenvalue weighted by atomic mass is 16.5. The summed E-state index contributed by atoms with van der Waals surface area (Å²) in [5, 5.41) is 8.32. The van der Waals surface area contributed by atoms with Gasteiger partial charge in [0.1, 0.15) is 12.2 Å². The number of fused-ring (bicyclic) bond motifs is 1. The zero-order valence-electron chi connectivity index (χ0n) is 9.00. The zero-order chi connectivity index (χ0) is 11.2. The van der Waals surface area contributed by atoms with E-state index in [2.05, 4.69) is 15.2 Å². The molecule has 1 aliphatic heterocycles. The number of aromatic nitrogens is 4. The third-order valence-electron chi connectivity index (χ3n) is 3.24. The molecule has 1 fully saturated rings. The highest BCUT2D eigenvalue weighted by molar-refractivity contribution is 5.37. The van der Waals surface area contributed by atoms with Crippen LogP contribution in [-0.2, 0) is 10.2 Å². The van der Waals surface area contributed by atoms with E-state index in [1.807, 2.05) is 17.4 Å². The molecule has 2 aromatic heterocycles. The summed E-state index contributed by atoms with van der Waals surface area (Å²) in [5.74, 6) is 0.820. The van der Waals surface area contributed by atoms with Crippen LogP contribution in [0.3, 0.4) is 0 Å². The monoisotopic (exact) mass is 219 g/mol. The lowest BCUT2D eigenvalue weighted by Gasteiger charge is -2.24. The molecule has 0 saturated carbocycles. The summed E-state index contributed by atoms with van der Waals surface area (Å²) >= 11 is 0. The van der Waals surface area contributed by atoms with E-state index >= 15 is 0 Å². The number of nitrogens with zero attached hydrogens (tertiary/aromatic N) is 4. The van der Waals surface area contributed by atoms with Crippen LogP contribution in [0.25, 0.3) is 5.65 Å². The van der Waals surface area contributed by atoms with E-state index in [9.17, 15) is 0 Å². The van der Waals surface area contributed by atoms with E-state index < -0.39 is 0 Å². The number of ether oxygens (including phenoxy) is 1. The summed E-state index contributed by atoms with van der Waals surface area (Å²) in [7, 11) is 0. The fraction of sp³-hybridized carbons (Fsp3) is 0.500. The van der Waals surface area contributed by atoms with E-state index in [0.717, 1.165) is 11.5 Å². The number of hydrogen-bond acceptors (Lipinski definition) is 5. The first kappa shape index (κ1) is 9.68. The fourth-order valence-corrected chi connectivity index (χ4v) is 2.05. The maximum absolute atomic E-state index is 6.07. The van der Waals surface area contributed by atoms with Crippen molar-refractivity contribution in [2.45, 2.75) is 18.4 Å². The van der Waals surface area contributed by atoms with Gasteiger partial charge >= 0.3 is 0 Å². The second kappa shape index (κ2) is 3.23. The Morgan fingerprint density at radius 3 is 3.19 bits per heavy atom. The molecule has 2 aromatic rings. The fourth-order valence-electron chi connectivity index (χ4n) is 2.05. The summed E-state index contributed by atoms with van der Waals surface area (Å²) in [5.41, 5.74) is 6.56. The lowest BCUT2D eigenvalue weighted by molar-refractivity contribution is 0.178. The molecular formula is C10H13N5O. The zero-order valence-corrected chi connectivity index (χ0v) is 9.00. The molecule has 1 aliphatic rings. The Morgan fingerprint density at radius 2 is 2.44 bits per heavy atom. The molecule has 1 saturated heterocycles. The van der Waals surface area contributed by atoms with Gasteiger partial charge in [0.2, 0.25) is 0 Å². The maximum atomic E-state index is 6.07. The molecule has 3 rings (SSSR count). The standard InChI is InChI=1S/C10H13N5O/c1-10(5-16-4-7(10)11)9-14-13-8-2-3-12-6-15(8)9/h2-3,6-7H,4-5,11H2,1H3. The minimum atomic E-state index is -0.289. The molecule has 3 heterocycles. The van der Waals surface area contributed by atoms with Crippen molar-refractivity contribution in [1.82, 2.24) is 19.6 Å². The molecule has 0 bridgehead atoms. The third-order valence-corrected chi connectivity index (χ3v) is 3.24. The van der Waals surface area contributed by atoms with Crippen molar-refractivity contribution in [3.05, 3.63) is 24.4 Å². The van der Waals surface area contributed by atoms with Gasteiger partial charge < -0.3 is 10.5 Å². The van der Waals surface area contributed by atoms with Gasteiger partial charge in [0.25, 0.3) is 0 Å². The van der Waals surface area contributed by atoms with E-state index in [-0.39, 0.29) is 11.5 Å². The summed E-state index contributed by atoms with van der Waals surface area (Å²) in [6.07, 6.45) is 3.40. The number of hydrogen-bond donors (Lipinski definition) is 1. The lowest BCUT2D eigenvalue weighted by atomic mass is 9.85. The first-order chi connectivity index (χ1) is 7.72.